The van der Waals surface area contributed by atoms with Gasteiger partial charge in [0, 0.05) is 24.5 Å². The van der Waals surface area contributed by atoms with Gasteiger partial charge in [-0.25, -0.2) is 0 Å². The van der Waals surface area contributed by atoms with Crippen molar-refractivity contribution in [3.8, 4) is 0 Å². The molecule has 2 rings (SSSR count). The van der Waals surface area contributed by atoms with Crippen molar-refractivity contribution < 1.29 is 23.8 Å². The lowest BCUT2D eigenvalue weighted by molar-refractivity contribution is -0.180. The maximum absolute atomic E-state index is 13.4. The summed E-state index contributed by atoms with van der Waals surface area (Å²) in [5.74, 6) is -0.846. The molecule has 178 valence electrons. The number of benzene rings is 1. The zero-order chi connectivity index (χ0) is 23.9. The number of ether oxygens (including phenoxy) is 3. The molecule has 0 aliphatic rings. The Morgan fingerprint density at radius 3 is 2.34 bits per heavy atom. The molecule has 1 heterocycles. The largest absolute Gasteiger partial charge is 0.460 e. The molecule has 2 atom stereocenters. The fraction of sp³-hybridized carbons (Fsp3) is 0.583. The van der Waals surface area contributed by atoms with Crippen molar-refractivity contribution in [2.24, 2.45) is 5.73 Å². The third-order valence-corrected chi connectivity index (χ3v) is 5.87. The van der Waals surface area contributed by atoms with Gasteiger partial charge in [0.05, 0.1) is 18.5 Å². The van der Waals surface area contributed by atoms with E-state index in [-0.39, 0.29) is 12.3 Å². The lowest BCUT2D eigenvalue weighted by atomic mass is 10.1. The van der Waals surface area contributed by atoms with E-state index in [0.717, 1.165) is 15.6 Å². The van der Waals surface area contributed by atoms with Gasteiger partial charge in [-0.1, -0.05) is 18.2 Å². The summed E-state index contributed by atoms with van der Waals surface area (Å²) in [5, 5.41) is 3.14. The summed E-state index contributed by atoms with van der Waals surface area (Å²) in [7, 11) is 0. The van der Waals surface area contributed by atoms with Crippen molar-refractivity contribution in [1.82, 2.24) is 4.90 Å². The molecule has 0 radical (unpaired) electrons. The van der Waals surface area contributed by atoms with Gasteiger partial charge in [0.25, 0.3) is 0 Å². The predicted molar refractivity (Wildman–Crippen MR) is 127 cm³/mol. The number of nitrogens with zero attached hydrogens (tertiary/aromatic N) is 1. The summed E-state index contributed by atoms with van der Waals surface area (Å²) in [6, 6.07) is 6.62. The van der Waals surface area contributed by atoms with Crippen LogP contribution >= 0.6 is 11.3 Å². The second kappa shape index (κ2) is 11.7. The van der Waals surface area contributed by atoms with Crippen LogP contribution in [0, 0.1) is 0 Å². The normalized spacial score (nSPS) is 13.9. The molecule has 0 aliphatic carbocycles. The molecule has 1 aromatic heterocycles. The first kappa shape index (κ1) is 26.3. The highest BCUT2D eigenvalue weighted by atomic mass is 32.1. The topological polar surface area (TPSA) is 91.1 Å². The lowest BCUT2D eigenvalue weighted by Crippen LogP contribution is -2.53. The van der Waals surface area contributed by atoms with Crippen LogP contribution in [0.25, 0.3) is 10.1 Å². The molecule has 2 N–H and O–H groups in total. The van der Waals surface area contributed by atoms with Crippen LogP contribution in [0.15, 0.2) is 29.6 Å². The number of hydrogen-bond donors (Lipinski definition) is 1. The Morgan fingerprint density at radius 1 is 1.12 bits per heavy atom. The highest BCUT2D eigenvalue weighted by Crippen LogP contribution is 2.28. The molecule has 0 saturated carbocycles. The predicted octanol–water partition coefficient (Wildman–Crippen LogP) is 4.08. The number of nitrogens with two attached hydrogens (primary N) is 1. The van der Waals surface area contributed by atoms with Gasteiger partial charge < -0.3 is 24.8 Å². The Labute approximate surface area is 194 Å². The van der Waals surface area contributed by atoms with Crippen molar-refractivity contribution in [1.29, 1.82) is 0 Å². The number of esters is 1. The van der Waals surface area contributed by atoms with Crippen LogP contribution in [0.3, 0.4) is 0 Å². The number of carbonyl (C=O) groups is 2. The van der Waals surface area contributed by atoms with Gasteiger partial charge in [-0.05, 0) is 63.9 Å². The highest BCUT2D eigenvalue weighted by Gasteiger charge is 2.33. The minimum atomic E-state index is -1.03. The minimum Gasteiger partial charge on any atom is -0.460 e. The van der Waals surface area contributed by atoms with E-state index in [4.69, 9.17) is 19.9 Å². The van der Waals surface area contributed by atoms with Gasteiger partial charge >= 0.3 is 5.97 Å². The van der Waals surface area contributed by atoms with Crippen LogP contribution in [0.2, 0.25) is 0 Å². The van der Waals surface area contributed by atoms with Gasteiger partial charge in [0.15, 0.2) is 6.29 Å². The zero-order valence-corrected chi connectivity index (χ0v) is 20.7. The van der Waals surface area contributed by atoms with Crippen molar-refractivity contribution in [2.75, 3.05) is 13.2 Å². The molecule has 32 heavy (non-hydrogen) atoms. The SMILES string of the molecule is CCOC(OCC)[C@H](C)N(Cc1csc2ccccc12)C(=O)C(N)CC(=O)OC(C)(C)C. The van der Waals surface area contributed by atoms with E-state index < -0.39 is 29.9 Å². The summed E-state index contributed by atoms with van der Waals surface area (Å²) < 4.78 is 18.0. The van der Waals surface area contributed by atoms with Crippen molar-refractivity contribution in [2.45, 2.75) is 78.5 Å². The van der Waals surface area contributed by atoms with Crippen LogP contribution in [-0.4, -0.2) is 54.0 Å². The average Bonchev–Trinajstić information content (AvgIpc) is 3.12. The van der Waals surface area contributed by atoms with Crippen LogP contribution in [0.5, 0.6) is 0 Å². The van der Waals surface area contributed by atoms with Crippen LogP contribution < -0.4 is 5.73 Å². The number of rotatable bonds is 11. The zero-order valence-electron chi connectivity index (χ0n) is 19.9. The second-order valence-corrected chi connectivity index (χ2v) is 9.55. The van der Waals surface area contributed by atoms with E-state index in [1.54, 1.807) is 37.0 Å². The molecule has 1 aromatic carbocycles. The molecular weight excluding hydrogens is 428 g/mol. The van der Waals surface area contributed by atoms with Crippen LogP contribution in [0.4, 0.5) is 0 Å². The Morgan fingerprint density at radius 2 is 1.75 bits per heavy atom. The van der Waals surface area contributed by atoms with Gasteiger partial charge in [-0.15, -0.1) is 11.3 Å². The van der Waals surface area contributed by atoms with E-state index in [1.807, 2.05) is 44.4 Å². The number of fused-ring (bicyclic) bond motifs is 1. The lowest BCUT2D eigenvalue weighted by Gasteiger charge is -2.35. The number of carbonyl (C=O) groups excluding carboxylic acids is 2. The van der Waals surface area contributed by atoms with Crippen molar-refractivity contribution >= 4 is 33.3 Å². The first-order valence-electron chi connectivity index (χ1n) is 11.0. The molecule has 2 aromatic rings. The Balaban J connectivity index is 2.29. The summed E-state index contributed by atoms with van der Waals surface area (Å²) in [6.45, 7) is 12.2. The summed E-state index contributed by atoms with van der Waals surface area (Å²) in [5.41, 5.74) is 6.57. The van der Waals surface area contributed by atoms with Gasteiger partial charge in [-0.3, -0.25) is 9.59 Å². The number of hydrogen-bond acceptors (Lipinski definition) is 7. The van der Waals surface area contributed by atoms with E-state index >= 15 is 0 Å². The monoisotopic (exact) mass is 464 g/mol. The Bertz CT molecular complexity index is 886. The smallest absolute Gasteiger partial charge is 0.308 e. The molecule has 7 nitrogen and oxygen atoms in total. The van der Waals surface area contributed by atoms with Crippen LogP contribution in [-0.2, 0) is 30.3 Å². The fourth-order valence-corrected chi connectivity index (χ4v) is 4.38. The minimum absolute atomic E-state index is 0.197. The Hall–Kier alpha value is -2.00. The molecular formula is C24H36N2O5S. The number of thiophene rings is 1. The maximum Gasteiger partial charge on any atom is 0.308 e. The molecule has 0 aliphatic heterocycles. The molecule has 0 spiro atoms. The van der Waals surface area contributed by atoms with Gasteiger partial charge in [0.1, 0.15) is 5.60 Å². The Kier molecular flexibility index (Phi) is 9.64. The molecule has 1 amide bonds. The molecule has 0 fully saturated rings. The van der Waals surface area contributed by atoms with Gasteiger partial charge in [-0.2, -0.15) is 0 Å². The quantitative estimate of drug-likeness (QED) is 0.398. The third-order valence-electron chi connectivity index (χ3n) is 4.86. The molecule has 0 bridgehead atoms. The van der Waals surface area contributed by atoms with Crippen LogP contribution in [0.1, 0.15) is 53.5 Å². The van der Waals surface area contributed by atoms with E-state index in [0.29, 0.717) is 19.8 Å². The highest BCUT2D eigenvalue weighted by molar-refractivity contribution is 7.17. The standard InChI is InChI=1S/C24H36N2O5S/c1-7-29-23(30-8-2)16(3)26(14-17-15-32-20-12-10-9-11-18(17)20)22(28)19(25)13-21(27)31-24(4,5)6/h9-12,15-16,19,23H,7-8,13-14,25H2,1-6H3/t16-,19?/m0/s1. The first-order valence-corrected chi connectivity index (χ1v) is 11.9. The van der Waals surface area contributed by atoms with E-state index in [2.05, 4.69) is 6.07 Å². The first-order chi connectivity index (χ1) is 15.1. The van der Waals surface area contributed by atoms with Crippen molar-refractivity contribution in [3.63, 3.8) is 0 Å². The molecule has 8 heteroatoms. The number of amides is 1. The van der Waals surface area contributed by atoms with Gasteiger partial charge in [0.2, 0.25) is 5.91 Å². The molecule has 1 unspecified atom stereocenters. The summed E-state index contributed by atoms with van der Waals surface area (Å²) in [6.07, 6.45) is -0.801. The van der Waals surface area contributed by atoms with E-state index in [1.165, 1.54) is 0 Å². The van der Waals surface area contributed by atoms with E-state index in [9.17, 15) is 9.59 Å². The summed E-state index contributed by atoms with van der Waals surface area (Å²) >= 11 is 1.63. The summed E-state index contributed by atoms with van der Waals surface area (Å²) in [4.78, 5) is 27.4. The maximum atomic E-state index is 13.4. The fourth-order valence-electron chi connectivity index (χ4n) is 3.43. The molecule has 0 saturated heterocycles. The van der Waals surface area contributed by atoms with Crippen molar-refractivity contribution in [3.05, 3.63) is 35.2 Å². The average molecular weight is 465 g/mol. The second-order valence-electron chi connectivity index (χ2n) is 8.64. The third kappa shape index (κ3) is 7.27.